The molecular weight excluding hydrogens is 314 g/mol. The Bertz CT molecular complexity index is 661. The van der Waals surface area contributed by atoms with Gasteiger partial charge in [0.1, 0.15) is 10.8 Å². The lowest BCUT2D eigenvalue weighted by Gasteiger charge is -2.24. The summed E-state index contributed by atoms with van der Waals surface area (Å²) in [4.78, 5) is 19.0. The second-order valence-corrected chi connectivity index (χ2v) is 6.84. The van der Waals surface area contributed by atoms with Crippen molar-refractivity contribution in [1.82, 2.24) is 15.0 Å². The molecule has 3 rings (SSSR count). The van der Waals surface area contributed by atoms with E-state index >= 15 is 0 Å². The van der Waals surface area contributed by atoms with Crippen LogP contribution in [0.25, 0.3) is 0 Å². The van der Waals surface area contributed by atoms with E-state index in [2.05, 4.69) is 10.1 Å². The van der Waals surface area contributed by atoms with Gasteiger partial charge in [0, 0.05) is 30.3 Å². The Balaban J connectivity index is 1.68. The molecule has 7 heteroatoms. The smallest absolute Gasteiger partial charge is 0.229 e. The van der Waals surface area contributed by atoms with Crippen molar-refractivity contribution < 1.29 is 14.1 Å². The molecule has 124 valence electrons. The van der Waals surface area contributed by atoms with E-state index in [1.807, 2.05) is 24.1 Å². The van der Waals surface area contributed by atoms with Gasteiger partial charge in [-0.2, -0.15) is 0 Å². The van der Waals surface area contributed by atoms with Gasteiger partial charge >= 0.3 is 0 Å². The summed E-state index contributed by atoms with van der Waals surface area (Å²) in [7, 11) is 0. The van der Waals surface area contributed by atoms with Crippen LogP contribution >= 0.6 is 11.3 Å². The Morgan fingerprint density at radius 2 is 2.35 bits per heavy atom. The van der Waals surface area contributed by atoms with E-state index in [-0.39, 0.29) is 18.4 Å². The largest absolute Gasteiger partial charge is 0.376 e. The van der Waals surface area contributed by atoms with Crippen molar-refractivity contribution in [2.24, 2.45) is 0 Å². The summed E-state index contributed by atoms with van der Waals surface area (Å²) in [5, 5.41) is 6.87. The molecule has 1 saturated heterocycles. The second kappa shape index (κ2) is 7.23. The number of hydrogen-bond donors (Lipinski definition) is 0. The lowest BCUT2D eigenvalue weighted by molar-refractivity contribution is -0.132. The van der Waals surface area contributed by atoms with Crippen molar-refractivity contribution in [1.29, 1.82) is 0 Å². The Kier molecular flexibility index (Phi) is 5.07. The van der Waals surface area contributed by atoms with Crippen LogP contribution in [0.3, 0.4) is 0 Å². The number of rotatable bonds is 6. The molecule has 2 aromatic heterocycles. The summed E-state index contributed by atoms with van der Waals surface area (Å²) < 4.78 is 10.7. The molecule has 0 aliphatic carbocycles. The minimum absolute atomic E-state index is 0.0293. The first-order valence-electron chi connectivity index (χ1n) is 7.83. The fourth-order valence-electron chi connectivity index (χ4n) is 2.70. The number of thiazole rings is 1. The molecule has 0 unspecified atom stereocenters. The van der Waals surface area contributed by atoms with Crippen LogP contribution in [-0.2, 0) is 22.5 Å². The average Bonchev–Trinajstić information content (AvgIpc) is 3.23. The van der Waals surface area contributed by atoms with Crippen molar-refractivity contribution in [3.63, 3.8) is 0 Å². The number of carbonyl (C=O) groups is 1. The predicted molar refractivity (Wildman–Crippen MR) is 86.2 cm³/mol. The van der Waals surface area contributed by atoms with Crippen LogP contribution in [-0.4, -0.2) is 40.2 Å². The molecule has 0 saturated carbocycles. The molecule has 1 atom stereocenters. The highest BCUT2D eigenvalue weighted by Gasteiger charge is 2.24. The van der Waals surface area contributed by atoms with Crippen molar-refractivity contribution in [3.8, 4) is 0 Å². The van der Waals surface area contributed by atoms with E-state index in [9.17, 15) is 4.79 Å². The van der Waals surface area contributed by atoms with Gasteiger partial charge in [0.15, 0.2) is 0 Å². The van der Waals surface area contributed by atoms with Gasteiger partial charge in [-0.25, -0.2) is 4.98 Å². The van der Waals surface area contributed by atoms with Crippen LogP contribution in [0.1, 0.15) is 35.0 Å². The fraction of sp³-hybridized carbons (Fsp3) is 0.562. The zero-order chi connectivity index (χ0) is 16.2. The van der Waals surface area contributed by atoms with Crippen molar-refractivity contribution >= 4 is 17.2 Å². The zero-order valence-corrected chi connectivity index (χ0v) is 14.3. The van der Waals surface area contributed by atoms with Gasteiger partial charge in [-0.3, -0.25) is 4.79 Å². The van der Waals surface area contributed by atoms with Crippen LogP contribution in [0.4, 0.5) is 0 Å². The maximum absolute atomic E-state index is 12.7. The van der Waals surface area contributed by atoms with Crippen LogP contribution < -0.4 is 0 Å². The van der Waals surface area contributed by atoms with Crippen LogP contribution in [0, 0.1) is 13.8 Å². The van der Waals surface area contributed by atoms with Gasteiger partial charge < -0.3 is 14.2 Å². The highest BCUT2D eigenvalue weighted by Crippen LogP contribution is 2.18. The topological polar surface area (TPSA) is 68.5 Å². The normalized spacial score (nSPS) is 17.6. The molecule has 1 fully saturated rings. The molecule has 0 bridgehead atoms. The molecular formula is C16H21N3O3S. The molecule has 6 nitrogen and oxygen atoms in total. The summed E-state index contributed by atoms with van der Waals surface area (Å²) >= 11 is 1.58. The van der Waals surface area contributed by atoms with E-state index in [0.717, 1.165) is 30.2 Å². The first kappa shape index (κ1) is 16.1. The molecule has 0 spiro atoms. The summed E-state index contributed by atoms with van der Waals surface area (Å²) in [6.07, 6.45) is 2.43. The summed E-state index contributed by atoms with van der Waals surface area (Å²) in [5.41, 5.74) is 1.65. The van der Waals surface area contributed by atoms with Crippen molar-refractivity contribution in [3.05, 3.63) is 33.6 Å². The third-order valence-corrected chi connectivity index (χ3v) is 4.75. The zero-order valence-electron chi connectivity index (χ0n) is 13.4. The molecule has 1 aliphatic rings. The maximum atomic E-state index is 12.7. The molecule has 0 N–H and O–H groups in total. The van der Waals surface area contributed by atoms with Crippen molar-refractivity contribution in [2.45, 2.75) is 45.8 Å². The average molecular weight is 335 g/mol. The van der Waals surface area contributed by atoms with E-state index in [4.69, 9.17) is 9.26 Å². The summed E-state index contributed by atoms with van der Waals surface area (Å²) in [6.45, 7) is 5.70. The molecule has 1 aliphatic heterocycles. The number of ether oxygens (including phenoxy) is 1. The minimum Gasteiger partial charge on any atom is -0.376 e. The van der Waals surface area contributed by atoms with Gasteiger partial charge in [-0.1, -0.05) is 5.16 Å². The third kappa shape index (κ3) is 4.39. The van der Waals surface area contributed by atoms with Gasteiger partial charge in [0.2, 0.25) is 5.91 Å². The van der Waals surface area contributed by atoms with Crippen LogP contribution in [0.5, 0.6) is 0 Å². The monoisotopic (exact) mass is 335 g/mol. The number of hydrogen-bond acceptors (Lipinski definition) is 6. The summed E-state index contributed by atoms with van der Waals surface area (Å²) in [6, 6.07) is 1.80. The molecule has 23 heavy (non-hydrogen) atoms. The van der Waals surface area contributed by atoms with E-state index in [1.165, 1.54) is 0 Å². The lowest BCUT2D eigenvalue weighted by atomic mass is 10.2. The second-order valence-electron chi connectivity index (χ2n) is 5.90. The molecule has 1 amide bonds. The first-order valence-corrected chi connectivity index (χ1v) is 8.70. The number of aryl methyl sites for hydroxylation is 2. The predicted octanol–water partition coefficient (Wildman–Crippen LogP) is 2.50. The third-order valence-electron chi connectivity index (χ3n) is 3.80. The van der Waals surface area contributed by atoms with Crippen LogP contribution in [0.15, 0.2) is 16.0 Å². The number of aromatic nitrogens is 2. The number of nitrogens with zero attached hydrogens (tertiary/aromatic N) is 3. The lowest BCUT2D eigenvalue weighted by Crippen LogP contribution is -2.37. The quantitative estimate of drug-likeness (QED) is 0.811. The standard InChI is InChI=1S/C16H21N3O3S/c1-11-10-23-15(17-11)9-19(8-14-4-3-5-21-14)16(20)7-13-6-12(2)22-18-13/h6,10,14H,3-5,7-9H2,1-2H3/t14-/m0/s1. The van der Waals surface area contributed by atoms with E-state index in [1.54, 1.807) is 17.4 Å². The first-order chi connectivity index (χ1) is 11.1. The number of amides is 1. The van der Waals surface area contributed by atoms with Gasteiger partial charge in [-0.05, 0) is 26.7 Å². The number of carbonyl (C=O) groups excluding carboxylic acids is 1. The highest BCUT2D eigenvalue weighted by atomic mass is 32.1. The Morgan fingerprint density at radius 1 is 1.48 bits per heavy atom. The highest BCUT2D eigenvalue weighted by molar-refractivity contribution is 7.09. The maximum Gasteiger partial charge on any atom is 0.229 e. The molecule has 0 aromatic carbocycles. The van der Waals surface area contributed by atoms with Gasteiger partial charge in [-0.15, -0.1) is 11.3 Å². The van der Waals surface area contributed by atoms with Gasteiger partial charge in [0.05, 0.1) is 24.8 Å². The fourth-order valence-corrected chi connectivity index (χ4v) is 3.48. The Labute approximate surface area is 139 Å². The van der Waals surface area contributed by atoms with Crippen molar-refractivity contribution in [2.75, 3.05) is 13.2 Å². The van der Waals surface area contributed by atoms with Gasteiger partial charge in [0.25, 0.3) is 0 Å². The minimum atomic E-state index is 0.0293. The SMILES string of the molecule is Cc1csc(CN(C[C@@H]2CCCO2)C(=O)Cc2cc(C)on2)n1. The van der Waals surface area contributed by atoms with E-state index < -0.39 is 0 Å². The molecule has 3 heterocycles. The molecule has 0 radical (unpaired) electrons. The Hall–Kier alpha value is -1.73. The Morgan fingerprint density at radius 3 is 2.96 bits per heavy atom. The van der Waals surface area contributed by atoms with Crippen LogP contribution in [0.2, 0.25) is 0 Å². The van der Waals surface area contributed by atoms with E-state index in [0.29, 0.717) is 24.5 Å². The molecule has 2 aromatic rings. The summed E-state index contributed by atoms with van der Waals surface area (Å²) in [5.74, 6) is 0.746.